The van der Waals surface area contributed by atoms with Crippen LogP contribution in [0.25, 0.3) is 0 Å². The number of nitrogens with one attached hydrogen (secondary N) is 1. The predicted molar refractivity (Wildman–Crippen MR) is 117 cm³/mol. The van der Waals surface area contributed by atoms with Gasteiger partial charge in [0, 0.05) is 11.8 Å². The number of alkyl halides is 1. The van der Waals surface area contributed by atoms with Crippen LogP contribution in [0.3, 0.4) is 0 Å². The fourth-order valence-electron chi connectivity index (χ4n) is 3.55. The first-order valence-electron chi connectivity index (χ1n) is 10.4. The highest BCUT2D eigenvalue weighted by atomic mass is 19.1. The Morgan fingerprint density at radius 3 is 2.21 bits per heavy atom. The van der Waals surface area contributed by atoms with Crippen LogP contribution in [0, 0.1) is 6.92 Å². The average molecular weight is 468 g/mol. The molecule has 0 amide bonds. The van der Waals surface area contributed by atoms with Crippen LogP contribution in [0.15, 0.2) is 76.4 Å². The minimum atomic E-state index is -1.99. The topological polar surface area (TPSA) is 117 Å². The predicted octanol–water partition coefficient (Wildman–Crippen LogP) is 2.16. The smallest absolute Gasteiger partial charge is 0.338 e. The standard InChI is InChI=1S/C24H21FN2O7/c1-14-12-27(24(31)26-20(14)28)21-18(25)19(34-23(30)16-10-6-3-7-11-16)17(33-21)13-32-22(29)15-8-4-2-5-9-15/h2-12,17-19,21H,13H2,1H3,(H,26,28,31)/t17-,18+,19?,21-/m0/s1. The molecule has 1 aliphatic heterocycles. The summed E-state index contributed by atoms with van der Waals surface area (Å²) in [5, 5.41) is 0. The number of hydrogen-bond donors (Lipinski definition) is 1. The SMILES string of the molecule is Cc1cn([C@H]2O[C@@H](COC(=O)c3ccccc3)C(OC(=O)c3ccccc3)[C@H]2F)c(=O)[nH]c1=O. The van der Waals surface area contributed by atoms with Crippen LogP contribution in [-0.4, -0.2) is 46.5 Å². The molecule has 2 heterocycles. The Balaban J connectivity index is 1.59. The van der Waals surface area contributed by atoms with Crippen molar-refractivity contribution in [2.24, 2.45) is 0 Å². The molecule has 1 fully saturated rings. The van der Waals surface area contributed by atoms with Crippen molar-refractivity contribution in [3.63, 3.8) is 0 Å². The zero-order valence-electron chi connectivity index (χ0n) is 18.1. The van der Waals surface area contributed by atoms with Gasteiger partial charge in [-0.05, 0) is 31.2 Å². The van der Waals surface area contributed by atoms with Crippen molar-refractivity contribution in [2.75, 3.05) is 6.61 Å². The number of carbonyl (C=O) groups is 2. The molecule has 10 heteroatoms. The molecule has 1 saturated heterocycles. The molecule has 4 atom stereocenters. The number of benzene rings is 2. The summed E-state index contributed by atoms with van der Waals surface area (Å²) in [5.41, 5.74) is -0.880. The molecule has 0 aliphatic carbocycles. The van der Waals surface area contributed by atoms with Gasteiger partial charge in [0.1, 0.15) is 12.7 Å². The number of hydrogen-bond acceptors (Lipinski definition) is 7. The second kappa shape index (κ2) is 9.84. The van der Waals surface area contributed by atoms with Gasteiger partial charge in [0.25, 0.3) is 5.56 Å². The molecule has 1 aliphatic rings. The summed E-state index contributed by atoms with van der Waals surface area (Å²) in [6.07, 6.45) is -5.04. The van der Waals surface area contributed by atoms with E-state index in [2.05, 4.69) is 4.98 Å². The second-order valence-corrected chi connectivity index (χ2v) is 7.69. The minimum absolute atomic E-state index is 0.159. The lowest BCUT2D eigenvalue weighted by atomic mass is 10.1. The summed E-state index contributed by atoms with van der Waals surface area (Å²) >= 11 is 0. The summed E-state index contributed by atoms with van der Waals surface area (Å²) in [7, 11) is 0. The van der Waals surface area contributed by atoms with Gasteiger partial charge in [0.05, 0.1) is 11.1 Å². The molecule has 1 unspecified atom stereocenters. The van der Waals surface area contributed by atoms with E-state index < -0.39 is 54.4 Å². The number of H-pyrrole nitrogens is 1. The molecule has 4 rings (SSSR count). The van der Waals surface area contributed by atoms with Gasteiger partial charge in [-0.1, -0.05) is 36.4 Å². The first kappa shape index (κ1) is 23.1. The highest BCUT2D eigenvalue weighted by molar-refractivity contribution is 5.90. The van der Waals surface area contributed by atoms with Gasteiger partial charge in [0.15, 0.2) is 18.5 Å². The quantitative estimate of drug-likeness (QED) is 0.551. The molecule has 9 nitrogen and oxygen atoms in total. The Hall–Kier alpha value is -4.05. The Bertz CT molecular complexity index is 1290. The largest absolute Gasteiger partial charge is 0.459 e. The van der Waals surface area contributed by atoms with Crippen molar-refractivity contribution >= 4 is 11.9 Å². The van der Waals surface area contributed by atoms with Gasteiger partial charge in [-0.25, -0.2) is 18.8 Å². The van der Waals surface area contributed by atoms with E-state index in [9.17, 15) is 19.2 Å². The highest BCUT2D eigenvalue weighted by Crippen LogP contribution is 2.34. The monoisotopic (exact) mass is 468 g/mol. The molecule has 0 bridgehead atoms. The molecule has 34 heavy (non-hydrogen) atoms. The third kappa shape index (κ3) is 4.81. The minimum Gasteiger partial charge on any atom is -0.459 e. The second-order valence-electron chi connectivity index (χ2n) is 7.69. The summed E-state index contributed by atoms with van der Waals surface area (Å²) in [6, 6.07) is 16.1. The van der Waals surface area contributed by atoms with Crippen LogP contribution < -0.4 is 11.2 Å². The maximum Gasteiger partial charge on any atom is 0.338 e. The number of aromatic amines is 1. The summed E-state index contributed by atoms with van der Waals surface area (Å²) in [6.45, 7) is 1.01. The normalized spacial score (nSPS) is 21.7. The molecular weight excluding hydrogens is 447 g/mol. The molecule has 1 N–H and O–H groups in total. The molecule has 0 spiro atoms. The summed E-state index contributed by atoms with van der Waals surface area (Å²) < 4.78 is 32.7. The number of carbonyl (C=O) groups excluding carboxylic acids is 2. The van der Waals surface area contributed by atoms with Crippen LogP contribution in [-0.2, 0) is 14.2 Å². The van der Waals surface area contributed by atoms with Crippen molar-refractivity contribution in [3.05, 3.63) is 104 Å². The third-order valence-electron chi connectivity index (χ3n) is 5.33. The number of esters is 2. The van der Waals surface area contributed by atoms with Gasteiger partial charge >= 0.3 is 17.6 Å². The lowest BCUT2D eigenvalue weighted by Crippen LogP contribution is -2.38. The van der Waals surface area contributed by atoms with Crippen molar-refractivity contribution < 1.29 is 28.2 Å². The third-order valence-corrected chi connectivity index (χ3v) is 5.33. The molecule has 0 radical (unpaired) electrons. The van der Waals surface area contributed by atoms with Crippen molar-refractivity contribution in [1.29, 1.82) is 0 Å². The molecule has 2 aromatic carbocycles. The summed E-state index contributed by atoms with van der Waals surface area (Å²) in [4.78, 5) is 51.0. The van der Waals surface area contributed by atoms with Crippen LogP contribution in [0.1, 0.15) is 32.5 Å². The fourth-order valence-corrected chi connectivity index (χ4v) is 3.55. The molecule has 176 valence electrons. The Labute approximate surface area is 192 Å². The fraction of sp³-hybridized carbons (Fsp3) is 0.250. The maximum atomic E-state index is 15.5. The van der Waals surface area contributed by atoms with E-state index in [1.165, 1.54) is 19.1 Å². The summed E-state index contributed by atoms with van der Waals surface area (Å²) in [5.74, 6) is -1.48. The Morgan fingerprint density at radius 2 is 1.59 bits per heavy atom. The van der Waals surface area contributed by atoms with Crippen molar-refractivity contribution in [2.45, 2.75) is 31.5 Å². The zero-order valence-corrected chi connectivity index (χ0v) is 18.1. The first-order chi connectivity index (χ1) is 16.3. The van der Waals surface area contributed by atoms with Crippen LogP contribution >= 0.6 is 0 Å². The van der Waals surface area contributed by atoms with Crippen LogP contribution in [0.5, 0.6) is 0 Å². The van der Waals surface area contributed by atoms with E-state index in [4.69, 9.17) is 14.2 Å². The van der Waals surface area contributed by atoms with E-state index in [-0.39, 0.29) is 16.7 Å². The molecule has 0 saturated carbocycles. The average Bonchev–Trinajstić information content (AvgIpc) is 3.15. The van der Waals surface area contributed by atoms with Crippen LogP contribution in [0.2, 0.25) is 0 Å². The van der Waals surface area contributed by atoms with E-state index in [1.807, 2.05) is 0 Å². The lowest BCUT2D eigenvalue weighted by molar-refractivity contribution is -0.0592. The van der Waals surface area contributed by atoms with E-state index in [0.29, 0.717) is 0 Å². The zero-order chi connectivity index (χ0) is 24.2. The van der Waals surface area contributed by atoms with Crippen molar-refractivity contribution in [3.8, 4) is 0 Å². The van der Waals surface area contributed by atoms with Gasteiger partial charge in [-0.3, -0.25) is 14.3 Å². The number of ether oxygens (including phenoxy) is 3. The van der Waals surface area contributed by atoms with E-state index in [0.717, 1.165) is 10.8 Å². The Morgan fingerprint density at radius 1 is 1.00 bits per heavy atom. The van der Waals surface area contributed by atoms with E-state index >= 15 is 4.39 Å². The molecular formula is C24H21FN2O7. The number of halogens is 1. The molecule has 3 aromatic rings. The molecule has 1 aromatic heterocycles. The van der Waals surface area contributed by atoms with Crippen LogP contribution in [0.4, 0.5) is 4.39 Å². The van der Waals surface area contributed by atoms with Gasteiger partial charge in [-0.15, -0.1) is 0 Å². The number of rotatable bonds is 6. The van der Waals surface area contributed by atoms with E-state index in [1.54, 1.807) is 48.5 Å². The van der Waals surface area contributed by atoms with Gasteiger partial charge < -0.3 is 14.2 Å². The number of aromatic nitrogens is 2. The van der Waals surface area contributed by atoms with Gasteiger partial charge in [0.2, 0.25) is 0 Å². The maximum absolute atomic E-state index is 15.5. The van der Waals surface area contributed by atoms with Crippen molar-refractivity contribution in [1.82, 2.24) is 9.55 Å². The number of aryl methyl sites for hydroxylation is 1. The van der Waals surface area contributed by atoms with Gasteiger partial charge in [-0.2, -0.15) is 0 Å². The first-order valence-corrected chi connectivity index (χ1v) is 10.4. The highest BCUT2D eigenvalue weighted by Gasteiger charge is 2.49. The lowest BCUT2D eigenvalue weighted by Gasteiger charge is -2.19. The Kier molecular flexibility index (Phi) is 6.69. The number of nitrogens with zero attached hydrogens (tertiary/aromatic N) is 1.